The molecule has 0 aromatic heterocycles. The molecule has 2 amide bonds. The smallest absolute Gasteiger partial charge is 0.264 e. The molecule has 3 aromatic carbocycles. The predicted molar refractivity (Wildman–Crippen MR) is 170 cm³/mol. The Hall–Kier alpha value is -3.27. The lowest BCUT2D eigenvalue weighted by atomic mass is 10.1. The van der Waals surface area contributed by atoms with Gasteiger partial charge in [0.25, 0.3) is 10.0 Å². The Morgan fingerprint density at radius 2 is 1.58 bits per heavy atom. The molecular weight excluding hydrogens is 609 g/mol. The molecule has 0 spiro atoms. The fraction of sp³-hybridized carbons (Fsp3) is 0.375. The number of benzene rings is 3. The average molecular weight is 647 g/mol. The first kappa shape index (κ1) is 32.6. The van der Waals surface area contributed by atoms with Gasteiger partial charge < -0.3 is 15.0 Å². The topological polar surface area (TPSA) is 96.0 Å². The van der Waals surface area contributed by atoms with Crippen LogP contribution in [-0.4, -0.2) is 50.9 Å². The van der Waals surface area contributed by atoms with E-state index in [2.05, 4.69) is 5.32 Å². The largest absolute Gasteiger partial charge is 0.497 e. The molecule has 0 aliphatic heterocycles. The van der Waals surface area contributed by atoms with Gasteiger partial charge in [-0.2, -0.15) is 0 Å². The number of ether oxygens (including phenoxy) is 1. The number of halogens is 2. The van der Waals surface area contributed by atoms with Crippen molar-refractivity contribution in [2.45, 2.75) is 69.5 Å². The van der Waals surface area contributed by atoms with Crippen molar-refractivity contribution in [1.29, 1.82) is 0 Å². The van der Waals surface area contributed by atoms with Gasteiger partial charge in [0.15, 0.2) is 0 Å². The average Bonchev–Trinajstić information content (AvgIpc) is 3.50. The Morgan fingerprint density at radius 3 is 2.14 bits per heavy atom. The minimum Gasteiger partial charge on any atom is -0.497 e. The fourth-order valence-electron chi connectivity index (χ4n) is 5.26. The third-order valence-corrected chi connectivity index (χ3v) is 10.2. The Bertz CT molecular complexity index is 1510. The number of hydrogen-bond donors (Lipinski definition) is 1. The Balaban J connectivity index is 1.75. The van der Waals surface area contributed by atoms with E-state index < -0.39 is 28.5 Å². The van der Waals surface area contributed by atoms with Crippen molar-refractivity contribution in [2.24, 2.45) is 0 Å². The Labute approximate surface area is 264 Å². The number of hydrogen-bond acceptors (Lipinski definition) is 5. The molecule has 1 fully saturated rings. The second-order valence-electron chi connectivity index (χ2n) is 10.7. The van der Waals surface area contributed by atoms with Crippen molar-refractivity contribution >= 4 is 50.7 Å². The molecule has 3 aromatic rings. The molecule has 1 atom stereocenters. The number of nitrogens with zero attached hydrogens (tertiary/aromatic N) is 2. The van der Waals surface area contributed by atoms with E-state index in [0.717, 1.165) is 35.6 Å². The lowest BCUT2D eigenvalue weighted by Gasteiger charge is -2.34. The van der Waals surface area contributed by atoms with E-state index in [9.17, 15) is 18.0 Å². The zero-order valence-corrected chi connectivity index (χ0v) is 26.9. The summed E-state index contributed by atoms with van der Waals surface area (Å²) in [5.74, 6) is -0.327. The molecule has 43 heavy (non-hydrogen) atoms. The summed E-state index contributed by atoms with van der Waals surface area (Å²) in [6.07, 6.45) is 4.14. The second kappa shape index (κ2) is 14.5. The molecule has 0 radical (unpaired) electrons. The number of sulfonamides is 1. The van der Waals surface area contributed by atoms with Gasteiger partial charge in [-0.1, -0.05) is 66.7 Å². The van der Waals surface area contributed by atoms with Gasteiger partial charge in [-0.05, 0) is 74.7 Å². The third-order valence-electron chi connectivity index (χ3n) is 7.73. The van der Waals surface area contributed by atoms with E-state index in [-0.39, 0.29) is 29.1 Å². The molecule has 0 saturated heterocycles. The number of methoxy groups -OCH3 is 1. The summed E-state index contributed by atoms with van der Waals surface area (Å²) in [7, 11) is -2.67. The minimum atomic E-state index is -4.19. The summed E-state index contributed by atoms with van der Waals surface area (Å²) >= 11 is 13.0. The molecule has 0 heterocycles. The van der Waals surface area contributed by atoms with Crippen molar-refractivity contribution in [1.82, 2.24) is 10.2 Å². The number of carbonyl (C=O) groups is 2. The number of nitrogens with one attached hydrogen (secondary N) is 1. The van der Waals surface area contributed by atoms with Crippen molar-refractivity contribution in [2.75, 3.05) is 18.0 Å². The molecule has 4 rings (SSSR count). The summed E-state index contributed by atoms with van der Waals surface area (Å²) in [4.78, 5) is 29.3. The van der Waals surface area contributed by atoms with Gasteiger partial charge >= 0.3 is 0 Å². The maximum atomic E-state index is 14.3. The molecule has 0 unspecified atom stereocenters. The monoisotopic (exact) mass is 645 g/mol. The molecule has 8 nitrogen and oxygen atoms in total. The summed E-state index contributed by atoms with van der Waals surface area (Å²) < 4.78 is 34.4. The molecule has 1 aliphatic rings. The maximum Gasteiger partial charge on any atom is 0.264 e. The highest BCUT2D eigenvalue weighted by Gasteiger charge is 2.35. The van der Waals surface area contributed by atoms with Crippen LogP contribution in [0.1, 0.15) is 50.2 Å². The van der Waals surface area contributed by atoms with Crippen molar-refractivity contribution in [3.05, 3.63) is 87.9 Å². The minimum absolute atomic E-state index is 0.0356. The van der Waals surface area contributed by atoms with Crippen LogP contribution in [0.2, 0.25) is 10.0 Å². The zero-order valence-electron chi connectivity index (χ0n) is 24.6. The summed E-state index contributed by atoms with van der Waals surface area (Å²) in [6.45, 7) is 3.05. The van der Waals surface area contributed by atoms with Gasteiger partial charge in [-0.15, -0.1) is 0 Å². The second-order valence-corrected chi connectivity index (χ2v) is 13.3. The van der Waals surface area contributed by atoms with Crippen LogP contribution in [-0.2, 0) is 26.2 Å². The standard InChI is InChI=1S/C32H37Cl2N3O5S/c1-4-30(32(39)35-23-8-5-6-9-23)36(20-27-28(33)10-7-11-29(27)34)31(38)21-37(24-14-16-25(42-3)17-15-24)43(40,41)26-18-12-22(2)13-19-26/h7,10-19,23,30H,4-6,8-9,20-21H2,1-3H3,(H,35,39)/t30-/m0/s1. The number of amides is 2. The first-order valence-corrected chi connectivity index (χ1v) is 16.5. The highest BCUT2D eigenvalue weighted by Crippen LogP contribution is 2.30. The molecule has 1 saturated carbocycles. The molecule has 0 bridgehead atoms. The zero-order chi connectivity index (χ0) is 31.1. The lowest BCUT2D eigenvalue weighted by Crippen LogP contribution is -2.53. The Morgan fingerprint density at radius 1 is 0.977 bits per heavy atom. The van der Waals surface area contributed by atoms with Crippen LogP contribution in [0.25, 0.3) is 0 Å². The van der Waals surface area contributed by atoms with E-state index in [0.29, 0.717) is 27.8 Å². The van der Waals surface area contributed by atoms with Crippen molar-refractivity contribution < 1.29 is 22.7 Å². The lowest BCUT2D eigenvalue weighted by molar-refractivity contribution is -0.140. The quantitative estimate of drug-likeness (QED) is 0.247. The van der Waals surface area contributed by atoms with E-state index in [1.165, 1.54) is 24.1 Å². The fourth-order valence-corrected chi connectivity index (χ4v) is 7.19. The molecule has 11 heteroatoms. The van der Waals surface area contributed by atoms with Gasteiger partial charge in [0, 0.05) is 28.2 Å². The number of anilines is 1. The molecule has 1 N–H and O–H groups in total. The van der Waals surface area contributed by atoms with Crippen LogP contribution in [0.4, 0.5) is 5.69 Å². The maximum absolute atomic E-state index is 14.3. The molecule has 1 aliphatic carbocycles. The van der Waals surface area contributed by atoms with Crippen LogP contribution in [0.3, 0.4) is 0 Å². The van der Waals surface area contributed by atoms with Crippen LogP contribution in [0.5, 0.6) is 5.75 Å². The third kappa shape index (κ3) is 7.82. The van der Waals surface area contributed by atoms with E-state index in [1.807, 2.05) is 13.8 Å². The number of carbonyl (C=O) groups excluding carboxylic acids is 2. The predicted octanol–water partition coefficient (Wildman–Crippen LogP) is 6.37. The first-order valence-electron chi connectivity index (χ1n) is 14.3. The van der Waals surface area contributed by atoms with Gasteiger partial charge in [0.2, 0.25) is 11.8 Å². The van der Waals surface area contributed by atoms with Crippen LogP contribution >= 0.6 is 23.2 Å². The van der Waals surface area contributed by atoms with E-state index in [1.54, 1.807) is 54.6 Å². The van der Waals surface area contributed by atoms with Crippen LogP contribution < -0.4 is 14.4 Å². The van der Waals surface area contributed by atoms with Gasteiger partial charge in [-0.3, -0.25) is 13.9 Å². The highest BCUT2D eigenvalue weighted by atomic mass is 35.5. The summed E-state index contributed by atoms with van der Waals surface area (Å²) in [6, 6.07) is 17.0. The Kier molecular flexibility index (Phi) is 11.0. The molecule has 230 valence electrons. The van der Waals surface area contributed by atoms with E-state index >= 15 is 0 Å². The van der Waals surface area contributed by atoms with Crippen LogP contribution in [0.15, 0.2) is 71.6 Å². The summed E-state index contributed by atoms with van der Waals surface area (Å²) in [5, 5.41) is 3.78. The van der Waals surface area contributed by atoms with Crippen molar-refractivity contribution in [3.63, 3.8) is 0 Å². The van der Waals surface area contributed by atoms with Gasteiger partial charge in [-0.25, -0.2) is 8.42 Å². The van der Waals surface area contributed by atoms with Crippen LogP contribution in [0, 0.1) is 6.92 Å². The van der Waals surface area contributed by atoms with E-state index in [4.69, 9.17) is 27.9 Å². The molecular formula is C32H37Cl2N3O5S. The first-order chi connectivity index (χ1) is 20.5. The SMILES string of the molecule is CC[C@@H](C(=O)NC1CCCC1)N(Cc1c(Cl)cccc1Cl)C(=O)CN(c1ccc(OC)cc1)S(=O)(=O)c1ccc(C)cc1. The summed E-state index contributed by atoms with van der Waals surface area (Å²) in [5.41, 5.74) is 1.64. The number of aryl methyl sites for hydroxylation is 1. The normalized spacial score (nSPS) is 14.3. The van der Waals surface area contributed by atoms with Crippen molar-refractivity contribution in [3.8, 4) is 5.75 Å². The highest BCUT2D eigenvalue weighted by molar-refractivity contribution is 7.92. The van der Waals surface area contributed by atoms with Gasteiger partial charge in [0.1, 0.15) is 18.3 Å². The number of rotatable bonds is 12. The van der Waals surface area contributed by atoms with Gasteiger partial charge in [0.05, 0.1) is 17.7 Å².